The van der Waals surface area contributed by atoms with Crippen molar-refractivity contribution >= 4 is 56.5 Å². The van der Waals surface area contributed by atoms with Crippen molar-refractivity contribution in [2.45, 2.75) is 289 Å². The van der Waals surface area contributed by atoms with E-state index in [-0.39, 0.29) is 150 Å². The number of amides is 6. The van der Waals surface area contributed by atoms with Gasteiger partial charge in [-0.3, -0.25) is 9.59 Å². The van der Waals surface area contributed by atoms with Crippen molar-refractivity contribution in [1.29, 1.82) is 0 Å². The molecule has 4 rings (SSSR count). The molecule has 4 fully saturated rings. The fraction of sp³-hybridized carbons (Fsp3) is 0.871. The van der Waals surface area contributed by atoms with Crippen LogP contribution in [-0.4, -0.2) is 245 Å². The van der Waals surface area contributed by atoms with Crippen molar-refractivity contribution in [2.24, 2.45) is 0 Å². The Labute approximate surface area is 558 Å². The van der Waals surface area contributed by atoms with E-state index in [0.717, 1.165) is 14.2 Å². The molecule has 517 valence electrons. The summed E-state index contributed by atoms with van der Waals surface area (Å²) in [4.78, 5) is 100. The normalized spacial score (nSPS) is 19.8. The third-order valence-corrected chi connectivity index (χ3v) is 11.1. The number of likely N-dealkylation sites (tertiary alicyclic amines) is 4. The number of aliphatic hydroxyl groups excluding tert-OH is 4. The van der Waals surface area contributed by atoms with Crippen LogP contribution in [0.4, 0.5) is 28.8 Å². The summed E-state index contributed by atoms with van der Waals surface area (Å²) >= 11 is 0. The standard InChI is InChI=1S/2C11H21NO3.2C11H19NO3.2C7H15NO2.2CH4O.2CH4.B.Na.H/c4*1-8-7-9(13)5-6-12(8)10(14)15-11(2,3)4;2*1-7(2,3)10-6(9)8(4)5;2*1-2;;;;;/h2*8-9,13H,5-7H2,1-4H3;2*8H,5-7H2,1-4H3;2*1-5H3;2*2H,1H3;2*1H4;;;/q;;;;;;;;;;;+1;-1/t2*8-,9?;2*8-;;;;;;;;;/m1010........./s1. The van der Waals surface area contributed by atoms with E-state index in [4.69, 9.17) is 38.6 Å². The molecule has 3 radical (unpaired) electrons. The fourth-order valence-electron chi connectivity index (χ4n) is 7.38. The van der Waals surface area contributed by atoms with Crippen LogP contribution in [-0.2, 0) is 38.0 Å². The smallest absolute Gasteiger partial charge is 1.00 e. The number of piperidine rings is 4. The molecule has 0 aromatic heterocycles. The summed E-state index contributed by atoms with van der Waals surface area (Å²) in [6, 6.07) is 0.0365. The van der Waals surface area contributed by atoms with Gasteiger partial charge < -0.3 is 79.7 Å². The first kappa shape index (κ1) is 100. The Kier molecular flexibility index (Phi) is 52.3. The maximum Gasteiger partial charge on any atom is 1.00 e. The van der Waals surface area contributed by atoms with Crippen molar-refractivity contribution in [3.8, 4) is 0 Å². The Hall–Kier alpha value is -4.14. The zero-order chi connectivity index (χ0) is 67.3. The van der Waals surface area contributed by atoms with Gasteiger partial charge in [0.05, 0.1) is 12.2 Å². The van der Waals surface area contributed by atoms with E-state index in [1.165, 1.54) is 9.80 Å². The number of hydrogen-bond donors (Lipinski definition) is 4. The molecule has 4 heterocycles. The molecule has 0 aromatic rings. The summed E-state index contributed by atoms with van der Waals surface area (Å²) in [6.07, 6.45) is 2.00. The molecule has 88 heavy (non-hydrogen) atoms. The average Bonchev–Trinajstić information content (AvgIpc) is 3.28. The second kappa shape index (κ2) is 46.0. The molecule has 0 spiro atoms. The topological polar surface area (TPSA) is 292 Å². The number of aliphatic hydroxyl groups is 4. The number of carbonyl (C=O) groups is 8. The van der Waals surface area contributed by atoms with Crippen LogP contribution in [0, 0.1) is 0 Å². The SMILES string of the molecule is C.C.CN(C)C(=O)OC(C)(C)C.CN(C)C(=O)OC(C)(C)C.CO.CO.C[C@@H]1CC(=O)CCN1C(=O)OC(C)(C)C.C[C@@H]1CC(O)CCN1C(=O)OC(C)(C)C.C[C@H]1CC(=O)CCN1C(=O)OC(C)(C)C.C[C@H]1CC(O)CCN1C(=O)OC(C)(C)C.[B].[H-].[Na+]. The van der Waals surface area contributed by atoms with Crippen molar-refractivity contribution in [3.05, 3.63) is 0 Å². The molecule has 6 atom stereocenters. The molecule has 4 saturated heterocycles. The quantitative estimate of drug-likeness (QED) is 0.134. The van der Waals surface area contributed by atoms with E-state index >= 15 is 0 Å². The van der Waals surface area contributed by atoms with Gasteiger partial charge in [0.15, 0.2) is 0 Å². The van der Waals surface area contributed by atoms with Gasteiger partial charge in [0.1, 0.15) is 45.2 Å². The van der Waals surface area contributed by atoms with E-state index in [2.05, 4.69) is 0 Å². The van der Waals surface area contributed by atoms with E-state index in [1.54, 1.807) is 47.8 Å². The van der Waals surface area contributed by atoms with Gasteiger partial charge >= 0.3 is 66.1 Å². The Balaban J connectivity index is -0.000000121. The number of Topliss-reactive ketones (excluding diaryl/α,β-unsaturated/α-hetero) is 2. The number of nitrogens with zero attached hydrogens (tertiary/aromatic N) is 6. The molecular formula is C62H127BN6NaO18. The van der Waals surface area contributed by atoms with E-state index in [1.807, 2.05) is 152 Å². The second-order valence-electron chi connectivity index (χ2n) is 27.2. The van der Waals surface area contributed by atoms with Gasteiger partial charge in [-0.05, 0) is 178 Å². The first-order chi connectivity index (χ1) is 37.8. The summed E-state index contributed by atoms with van der Waals surface area (Å²) in [5, 5.41) is 32.9. The summed E-state index contributed by atoms with van der Waals surface area (Å²) in [5.74, 6) is 0.449. The molecule has 6 amide bonds. The Morgan fingerprint density at radius 1 is 0.409 bits per heavy atom. The van der Waals surface area contributed by atoms with Crippen molar-refractivity contribution in [1.82, 2.24) is 29.4 Å². The summed E-state index contributed by atoms with van der Waals surface area (Å²) in [6.45, 7) is 43.0. The summed E-state index contributed by atoms with van der Waals surface area (Å²) in [7, 11) is 8.64. The van der Waals surface area contributed by atoms with Crippen LogP contribution in [0.5, 0.6) is 0 Å². The minimum Gasteiger partial charge on any atom is -1.00 e. The predicted octanol–water partition coefficient (Wildman–Crippen LogP) is 7.67. The third kappa shape index (κ3) is 51.6. The zero-order valence-corrected chi connectivity index (χ0v) is 60.7. The molecule has 0 saturated carbocycles. The molecular weight excluding hydrogens is 1150 g/mol. The van der Waals surface area contributed by atoms with Gasteiger partial charge in [0.25, 0.3) is 0 Å². The molecule has 4 N–H and O–H groups in total. The Morgan fingerprint density at radius 2 is 0.602 bits per heavy atom. The zero-order valence-electron chi connectivity index (χ0n) is 59.7. The molecule has 24 nitrogen and oxygen atoms in total. The molecule has 2 unspecified atom stereocenters. The molecule has 4 aliphatic rings. The van der Waals surface area contributed by atoms with Crippen LogP contribution in [0.15, 0.2) is 0 Å². The van der Waals surface area contributed by atoms with E-state index in [0.29, 0.717) is 77.5 Å². The molecule has 0 aromatic carbocycles. The molecule has 0 aliphatic carbocycles. The van der Waals surface area contributed by atoms with Gasteiger partial charge in [-0.2, -0.15) is 0 Å². The Bertz CT molecular complexity index is 1850. The Morgan fingerprint density at radius 3 is 0.750 bits per heavy atom. The number of hydrogen-bond acceptors (Lipinski definition) is 18. The van der Waals surface area contributed by atoms with Gasteiger partial charge in [-0.1, -0.05) is 14.9 Å². The van der Waals surface area contributed by atoms with E-state index in [9.17, 15) is 48.6 Å². The van der Waals surface area contributed by atoms with E-state index < -0.39 is 22.4 Å². The first-order valence-corrected chi connectivity index (χ1v) is 28.9. The predicted molar refractivity (Wildman–Crippen MR) is 345 cm³/mol. The van der Waals surface area contributed by atoms with Crippen molar-refractivity contribution in [2.75, 3.05) is 68.6 Å². The van der Waals surface area contributed by atoms with Crippen LogP contribution < -0.4 is 29.6 Å². The molecule has 0 bridgehead atoms. The minimum absolute atomic E-state index is 0. The van der Waals surface area contributed by atoms with Gasteiger partial charge in [0, 0.05) is 127 Å². The number of carbonyl (C=O) groups excluding carboxylic acids is 8. The summed E-state index contributed by atoms with van der Waals surface area (Å²) in [5.41, 5.74) is -2.63. The molecule has 4 aliphatic heterocycles. The second-order valence-corrected chi connectivity index (χ2v) is 27.2. The van der Waals surface area contributed by atoms with Crippen LogP contribution in [0.25, 0.3) is 0 Å². The summed E-state index contributed by atoms with van der Waals surface area (Å²) < 4.78 is 31.1. The van der Waals surface area contributed by atoms with Gasteiger partial charge in [-0.25, -0.2) is 28.8 Å². The number of ketones is 2. The van der Waals surface area contributed by atoms with Crippen LogP contribution in [0.3, 0.4) is 0 Å². The van der Waals surface area contributed by atoms with Gasteiger partial charge in [-0.15, -0.1) is 0 Å². The largest absolute Gasteiger partial charge is 1.00 e. The van der Waals surface area contributed by atoms with Crippen LogP contribution in [0.2, 0.25) is 0 Å². The van der Waals surface area contributed by atoms with Gasteiger partial charge in [0.2, 0.25) is 0 Å². The van der Waals surface area contributed by atoms with Crippen LogP contribution in [0.1, 0.15) is 220 Å². The monoisotopic (exact) mass is 1280 g/mol. The first-order valence-electron chi connectivity index (χ1n) is 28.9. The third-order valence-electron chi connectivity index (χ3n) is 11.1. The molecule has 26 heteroatoms. The number of ether oxygens (including phenoxy) is 6. The number of rotatable bonds is 0. The van der Waals surface area contributed by atoms with Crippen LogP contribution >= 0.6 is 0 Å². The average molecular weight is 1280 g/mol. The maximum atomic E-state index is 11.8. The fourth-order valence-corrected chi connectivity index (χ4v) is 7.38. The maximum absolute atomic E-state index is 11.8. The van der Waals surface area contributed by atoms with Crippen molar-refractivity contribution < 1.29 is 118 Å². The minimum atomic E-state index is -0.474. The van der Waals surface area contributed by atoms with Crippen molar-refractivity contribution in [3.63, 3.8) is 0 Å².